The highest BCUT2D eigenvalue weighted by atomic mass is 35.5. The van der Waals surface area contributed by atoms with Crippen molar-refractivity contribution in [3.8, 4) is 0 Å². The molecule has 0 saturated carbocycles. The molecule has 0 aliphatic carbocycles. The molecule has 2 rings (SSSR count). The molecule has 0 aromatic carbocycles. The zero-order chi connectivity index (χ0) is 12.3. The highest BCUT2D eigenvalue weighted by Gasteiger charge is 2.21. The van der Waals surface area contributed by atoms with E-state index in [1.807, 2.05) is 6.07 Å². The molecule has 1 aromatic heterocycles. The lowest BCUT2D eigenvalue weighted by atomic mass is 9.91. The van der Waals surface area contributed by atoms with Crippen molar-refractivity contribution in [2.45, 2.75) is 39.2 Å². The number of nitrogens with zero attached hydrogens (tertiary/aromatic N) is 3. The van der Waals surface area contributed by atoms with Crippen molar-refractivity contribution in [3.63, 3.8) is 0 Å². The van der Waals surface area contributed by atoms with E-state index >= 15 is 0 Å². The van der Waals surface area contributed by atoms with Gasteiger partial charge >= 0.3 is 0 Å². The quantitative estimate of drug-likeness (QED) is 0.776. The molecule has 0 atom stereocenters. The smallest absolute Gasteiger partial charge is 0.132 e. The van der Waals surface area contributed by atoms with Crippen molar-refractivity contribution >= 4 is 11.6 Å². The van der Waals surface area contributed by atoms with Gasteiger partial charge in [0.15, 0.2) is 0 Å². The number of halogens is 1. The van der Waals surface area contributed by atoms with E-state index in [0.29, 0.717) is 11.2 Å². The summed E-state index contributed by atoms with van der Waals surface area (Å²) < 4.78 is 0. The number of rotatable bonds is 3. The summed E-state index contributed by atoms with van der Waals surface area (Å²) in [5, 5.41) is 0.551. The van der Waals surface area contributed by atoms with E-state index in [1.54, 1.807) is 6.33 Å². The third-order valence-electron chi connectivity index (χ3n) is 3.57. The Hall–Kier alpha value is -0.670. The van der Waals surface area contributed by atoms with Crippen LogP contribution in [0.5, 0.6) is 0 Å². The van der Waals surface area contributed by atoms with Gasteiger partial charge in [-0.3, -0.25) is 0 Å². The Morgan fingerprint density at radius 3 is 2.65 bits per heavy atom. The molecule has 0 spiro atoms. The molecule has 0 radical (unpaired) electrons. The molecule has 1 saturated heterocycles. The zero-order valence-electron chi connectivity index (χ0n) is 10.6. The van der Waals surface area contributed by atoms with Gasteiger partial charge in [0.05, 0.1) is 0 Å². The SMILES string of the molecule is CC(C)N1CCC(Cc2cc(Cl)ncn2)CC1. The van der Waals surface area contributed by atoms with Crippen LogP contribution < -0.4 is 0 Å². The fraction of sp³-hybridized carbons (Fsp3) is 0.692. The molecular weight excluding hydrogens is 234 g/mol. The van der Waals surface area contributed by atoms with Crippen LogP contribution in [0.15, 0.2) is 12.4 Å². The van der Waals surface area contributed by atoms with Gasteiger partial charge in [0.25, 0.3) is 0 Å². The van der Waals surface area contributed by atoms with E-state index in [9.17, 15) is 0 Å². The molecule has 0 amide bonds. The minimum absolute atomic E-state index is 0.551. The fourth-order valence-electron chi connectivity index (χ4n) is 2.45. The molecule has 2 heterocycles. The first kappa shape index (κ1) is 12.8. The average molecular weight is 254 g/mol. The molecule has 0 unspecified atom stereocenters. The molecule has 17 heavy (non-hydrogen) atoms. The molecule has 4 heteroatoms. The summed E-state index contributed by atoms with van der Waals surface area (Å²) in [6.07, 6.45) is 5.12. The Balaban J connectivity index is 1.86. The lowest BCUT2D eigenvalue weighted by Crippen LogP contribution is -2.38. The van der Waals surface area contributed by atoms with Crippen LogP contribution in [-0.2, 0) is 6.42 Å². The van der Waals surface area contributed by atoms with Crippen LogP contribution in [0.1, 0.15) is 32.4 Å². The Morgan fingerprint density at radius 1 is 1.35 bits per heavy atom. The van der Waals surface area contributed by atoms with Gasteiger partial charge in [-0.15, -0.1) is 0 Å². The second-order valence-corrected chi connectivity index (χ2v) is 5.50. The van der Waals surface area contributed by atoms with E-state index in [0.717, 1.165) is 18.0 Å². The van der Waals surface area contributed by atoms with E-state index in [4.69, 9.17) is 11.6 Å². The van der Waals surface area contributed by atoms with Gasteiger partial charge < -0.3 is 4.90 Å². The predicted octanol–water partition coefficient (Wildman–Crippen LogP) is 2.79. The van der Waals surface area contributed by atoms with Gasteiger partial charge in [-0.2, -0.15) is 0 Å². The number of aromatic nitrogens is 2. The van der Waals surface area contributed by atoms with Crippen LogP contribution >= 0.6 is 11.6 Å². The summed E-state index contributed by atoms with van der Waals surface area (Å²) in [5.41, 5.74) is 1.08. The summed E-state index contributed by atoms with van der Waals surface area (Å²) in [4.78, 5) is 10.7. The van der Waals surface area contributed by atoms with Crippen molar-refractivity contribution in [1.82, 2.24) is 14.9 Å². The van der Waals surface area contributed by atoms with Crippen LogP contribution in [-0.4, -0.2) is 34.0 Å². The number of piperidine rings is 1. The van der Waals surface area contributed by atoms with Gasteiger partial charge in [0.2, 0.25) is 0 Å². The third-order valence-corrected chi connectivity index (χ3v) is 3.77. The highest BCUT2D eigenvalue weighted by molar-refractivity contribution is 6.29. The maximum atomic E-state index is 5.87. The maximum Gasteiger partial charge on any atom is 0.132 e. The minimum atomic E-state index is 0.551. The number of hydrogen-bond donors (Lipinski definition) is 0. The first-order chi connectivity index (χ1) is 8.15. The predicted molar refractivity (Wildman–Crippen MR) is 70.2 cm³/mol. The van der Waals surface area contributed by atoms with Crippen LogP contribution in [0, 0.1) is 5.92 Å². The second kappa shape index (κ2) is 5.78. The molecular formula is C13H20ClN3. The molecule has 1 fully saturated rings. The van der Waals surface area contributed by atoms with E-state index < -0.39 is 0 Å². The summed E-state index contributed by atoms with van der Waals surface area (Å²) in [7, 11) is 0. The van der Waals surface area contributed by atoms with Crippen molar-refractivity contribution in [3.05, 3.63) is 23.2 Å². The minimum Gasteiger partial charge on any atom is -0.301 e. The zero-order valence-corrected chi connectivity index (χ0v) is 11.3. The lowest BCUT2D eigenvalue weighted by molar-refractivity contribution is 0.149. The first-order valence-corrected chi connectivity index (χ1v) is 6.73. The van der Waals surface area contributed by atoms with Crippen molar-refractivity contribution in [2.24, 2.45) is 5.92 Å². The molecule has 0 bridgehead atoms. The van der Waals surface area contributed by atoms with Crippen molar-refractivity contribution in [2.75, 3.05) is 13.1 Å². The van der Waals surface area contributed by atoms with Crippen LogP contribution in [0.4, 0.5) is 0 Å². The Kier molecular flexibility index (Phi) is 4.35. The Bertz CT molecular complexity index is 359. The maximum absolute atomic E-state index is 5.87. The van der Waals surface area contributed by atoms with Gasteiger partial charge in [-0.05, 0) is 58.2 Å². The van der Waals surface area contributed by atoms with Gasteiger partial charge in [-0.25, -0.2) is 9.97 Å². The van der Waals surface area contributed by atoms with E-state index in [-0.39, 0.29) is 0 Å². The highest BCUT2D eigenvalue weighted by Crippen LogP contribution is 2.22. The second-order valence-electron chi connectivity index (χ2n) is 5.11. The Labute approximate surface area is 108 Å². The molecule has 1 aromatic rings. The summed E-state index contributed by atoms with van der Waals surface area (Å²) in [6.45, 7) is 6.96. The van der Waals surface area contributed by atoms with Gasteiger partial charge in [0.1, 0.15) is 11.5 Å². The topological polar surface area (TPSA) is 29.0 Å². The fourth-order valence-corrected chi connectivity index (χ4v) is 2.62. The third kappa shape index (κ3) is 3.65. The summed E-state index contributed by atoms with van der Waals surface area (Å²) in [5.74, 6) is 0.746. The summed E-state index contributed by atoms with van der Waals surface area (Å²) in [6, 6.07) is 2.56. The largest absolute Gasteiger partial charge is 0.301 e. The summed E-state index contributed by atoms with van der Waals surface area (Å²) >= 11 is 5.87. The van der Waals surface area contributed by atoms with Gasteiger partial charge in [-0.1, -0.05) is 11.6 Å². The van der Waals surface area contributed by atoms with Crippen LogP contribution in [0.3, 0.4) is 0 Å². The standard InChI is InChI=1S/C13H20ClN3/c1-10(2)17-5-3-11(4-6-17)7-12-8-13(14)16-9-15-12/h8-11H,3-7H2,1-2H3. The molecule has 3 nitrogen and oxygen atoms in total. The first-order valence-electron chi connectivity index (χ1n) is 6.35. The van der Waals surface area contributed by atoms with Crippen molar-refractivity contribution in [1.29, 1.82) is 0 Å². The monoisotopic (exact) mass is 253 g/mol. The molecule has 1 aliphatic rings. The average Bonchev–Trinajstić information content (AvgIpc) is 2.29. The van der Waals surface area contributed by atoms with Crippen LogP contribution in [0.2, 0.25) is 5.15 Å². The number of likely N-dealkylation sites (tertiary alicyclic amines) is 1. The van der Waals surface area contributed by atoms with E-state index in [2.05, 4.69) is 28.7 Å². The van der Waals surface area contributed by atoms with Crippen molar-refractivity contribution < 1.29 is 0 Å². The number of hydrogen-bond acceptors (Lipinski definition) is 3. The van der Waals surface area contributed by atoms with Gasteiger partial charge in [0, 0.05) is 11.7 Å². The molecule has 1 aliphatic heterocycles. The van der Waals surface area contributed by atoms with Crippen LogP contribution in [0.25, 0.3) is 0 Å². The lowest BCUT2D eigenvalue weighted by Gasteiger charge is -2.34. The molecule has 94 valence electrons. The molecule has 0 N–H and O–H groups in total. The van der Waals surface area contributed by atoms with E-state index in [1.165, 1.54) is 25.9 Å². The normalized spacial score (nSPS) is 18.8. The Morgan fingerprint density at radius 2 is 2.06 bits per heavy atom.